The van der Waals surface area contributed by atoms with Crippen molar-refractivity contribution in [3.63, 3.8) is 0 Å². The fourth-order valence-electron chi connectivity index (χ4n) is 5.08. The summed E-state index contributed by atoms with van der Waals surface area (Å²) in [5, 5.41) is 14.0. The number of nitrogens with zero attached hydrogens (tertiary/aromatic N) is 4. The fourth-order valence-corrected chi connectivity index (χ4v) is 5.08. The van der Waals surface area contributed by atoms with Crippen molar-refractivity contribution in [3.8, 4) is 5.75 Å². The molecule has 1 saturated heterocycles. The van der Waals surface area contributed by atoms with Gasteiger partial charge in [0.2, 0.25) is 5.91 Å². The molecule has 2 amide bonds. The van der Waals surface area contributed by atoms with Crippen molar-refractivity contribution < 1.29 is 28.2 Å². The van der Waals surface area contributed by atoms with Gasteiger partial charge in [0.05, 0.1) is 29.6 Å². The van der Waals surface area contributed by atoms with Gasteiger partial charge in [0.15, 0.2) is 11.6 Å². The van der Waals surface area contributed by atoms with E-state index in [9.17, 15) is 23.5 Å². The van der Waals surface area contributed by atoms with Crippen molar-refractivity contribution in [3.05, 3.63) is 53.6 Å². The van der Waals surface area contributed by atoms with E-state index in [-0.39, 0.29) is 36.8 Å². The largest absolute Gasteiger partial charge is 0.419 e. The minimum Gasteiger partial charge on any atom is -0.407 e. The highest BCUT2D eigenvalue weighted by Gasteiger charge is 2.39. The second-order valence-corrected chi connectivity index (χ2v) is 10.1. The number of halogens is 2. The topological polar surface area (TPSA) is 76.6 Å². The number of ether oxygens (including phenoxy) is 1. The molecular weight excluding hydrogens is 470 g/mol. The number of rotatable bonds is 4. The molecule has 0 aliphatic carbocycles. The molecule has 0 aromatic heterocycles. The van der Waals surface area contributed by atoms with E-state index in [1.807, 2.05) is 46.0 Å². The maximum absolute atomic E-state index is 14.2. The molecule has 2 atom stereocenters. The van der Waals surface area contributed by atoms with Crippen LogP contribution in [0.15, 0.2) is 36.4 Å². The zero-order chi connectivity index (χ0) is 26.4. The maximum Gasteiger partial charge on any atom is 0.419 e. The first kappa shape index (κ1) is 26.0. The number of fused-ring (bicyclic) bond motifs is 1. The average molecular weight is 503 g/mol. The van der Waals surface area contributed by atoms with Crippen LogP contribution < -0.4 is 14.5 Å². The third-order valence-corrected chi connectivity index (χ3v) is 6.94. The number of likely N-dealkylation sites (N-methyl/N-ethyl adjacent to an activating group) is 1. The standard InChI is InChI=1S/C26H32F2N4O4/c1-16-12-30(25(35)36-24-9-7-20(27)11-21(24)28)23-10-18(6-8-22(23)32(16)17(2)34)19-13-29(5)31(14-19)26(3,4)15-33/h6-11,16,19,33H,12-15H2,1-5H3/t16-,19?/m0/s1. The Kier molecular flexibility index (Phi) is 7.05. The van der Waals surface area contributed by atoms with Crippen LogP contribution in [0.3, 0.4) is 0 Å². The van der Waals surface area contributed by atoms with Crippen LogP contribution in [-0.4, -0.2) is 72.0 Å². The first-order valence-electron chi connectivity index (χ1n) is 11.9. The smallest absolute Gasteiger partial charge is 0.407 e. The van der Waals surface area contributed by atoms with Crippen LogP contribution in [-0.2, 0) is 4.79 Å². The number of hydrogen-bond acceptors (Lipinski definition) is 6. The Hall–Kier alpha value is -3.08. The van der Waals surface area contributed by atoms with Crippen molar-refractivity contribution in [1.29, 1.82) is 0 Å². The van der Waals surface area contributed by atoms with Gasteiger partial charge in [-0.25, -0.2) is 23.6 Å². The number of hydrogen-bond donors (Lipinski definition) is 1. The van der Waals surface area contributed by atoms with Gasteiger partial charge in [0.25, 0.3) is 0 Å². The number of hydrazine groups is 1. The van der Waals surface area contributed by atoms with Crippen LogP contribution in [0.5, 0.6) is 5.75 Å². The lowest BCUT2D eigenvalue weighted by atomic mass is 9.96. The highest BCUT2D eigenvalue weighted by atomic mass is 19.1. The SMILES string of the molecule is CC(=O)N1c2ccc(C3CN(C)N(C(C)(C)CO)C3)cc2N(C(=O)Oc2ccc(F)cc2F)C[C@@H]1C. The van der Waals surface area contributed by atoms with E-state index >= 15 is 0 Å². The van der Waals surface area contributed by atoms with Gasteiger partial charge in [-0.05, 0) is 50.6 Å². The number of benzene rings is 2. The van der Waals surface area contributed by atoms with E-state index in [4.69, 9.17) is 4.74 Å². The molecule has 194 valence electrons. The van der Waals surface area contributed by atoms with Crippen molar-refractivity contribution in [2.45, 2.75) is 45.2 Å². The first-order valence-corrected chi connectivity index (χ1v) is 11.9. The Morgan fingerprint density at radius 2 is 1.81 bits per heavy atom. The second kappa shape index (κ2) is 9.76. The molecule has 2 aliphatic heterocycles. The summed E-state index contributed by atoms with van der Waals surface area (Å²) in [5.74, 6) is -2.20. The molecule has 2 aliphatic rings. The number of carbonyl (C=O) groups excluding carboxylic acids is 2. The van der Waals surface area contributed by atoms with Gasteiger partial charge in [0.1, 0.15) is 5.82 Å². The van der Waals surface area contributed by atoms with Gasteiger partial charge in [-0.1, -0.05) is 6.07 Å². The quantitative estimate of drug-likeness (QED) is 0.687. The molecule has 10 heteroatoms. The average Bonchev–Trinajstić information content (AvgIpc) is 3.22. The predicted octanol–water partition coefficient (Wildman–Crippen LogP) is 3.74. The third-order valence-electron chi connectivity index (χ3n) is 6.94. The lowest BCUT2D eigenvalue weighted by Gasteiger charge is -2.40. The molecule has 36 heavy (non-hydrogen) atoms. The molecule has 0 spiro atoms. The van der Waals surface area contributed by atoms with Crippen LogP contribution in [0.25, 0.3) is 0 Å². The highest BCUT2D eigenvalue weighted by molar-refractivity contribution is 6.02. The zero-order valence-corrected chi connectivity index (χ0v) is 21.2. The van der Waals surface area contributed by atoms with Crippen LogP contribution >= 0.6 is 0 Å². The van der Waals surface area contributed by atoms with Gasteiger partial charge >= 0.3 is 6.09 Å². The molecule has 0 saturated carbocycles. The monoisotopic (exact) mass is 502 g/mol. The minimum atomic E-state index is -0.978. The van der Waals surface area contributed by atoms with Gasteiger partial charge < -0.3 is 14.7 Å². The van der Waals surface area contributed by atoms with E-state index in [0.717, 1.165) is 17.7 Å². The summed E-state index contributed by atoms with van der Waals surface area (Å²) in [7, 11) is 1.97. The fraction of sp³-hybridized carbons (Fsp3) is 0.462. The molecule has 1 unspecified atom stereocenters. The van der Waals surface area contributed by atoms with Crippen molar-refractivity contribution >= 4 is 23.4 Å². The van der Waals surface area contributed by atoms with Crippen molar-refractivity contribution in [2.24, 2.45) is 0 Å². The maximum atomic E-state index is 14.2. The third kappa shape index (κ3) is 4.80. The van der Waals surface area contributed by atoms with Gasteiger partial charge in [-0.2, -0.15) is 0 Å². The molecule has 2 aromatic rings. The molecule has 0 bridgehead atoms. The van der Waals surface area contributed by atoms with Crippen molar-refractivity contribution in [2.75, 3.05) is 43.1 Å². The lowest BCUT2D eigenvalue weighted by molar-refractivity contribution is -0.117. The normalized spacial score (nSPS) is 21.0. The molecule has 1 N–H and O–H groups in total. The van der Waals surface area contributed by atoms with Crippen LogP contribution in [0, 0.1) is 11.6 Å². The number of aliphatic hydroxyl groups is 1. The van der Waals surface area contributed by atoms with E-state index in [0.29, 0.717) is 30.5 Å². The molecule has 8 nitrogen and oxygen atoms in total. The molecule has 1 fully saturated rings. The van der Waals surface area contributed by atoms with E-state index in [2.05, 4.69) is 10.0 Å². The summed E-state index contributed by atoms with van der Waals surface area (Å²) in [4.78, 5) is 28.7. The lowest BCUT2D eigenvalue weighted by Crippen LogP contribution is -2.52. The Labute approximate surface area is 209 Å². The molecule has 0 radical (unpaired) electrons. The van der Waals surface area contributed by atoms with Gasteiger partial charge in [-0.3, -0.25) is 9.69 Å². The number of amides is 2. The van der Waals surface area contributed by atoms with Gasteiger partial charge in [0, 0.05) is 45.6 Å². The van der Waals surface area contributed by atoms with Crippen LogP contribution in [0.1, 0.15) is 39.2 Å². The molecule has 2 heterocycles. The zero-order valence-electron chi connectivity index (χ0n) is 21.2. The number of anilines is 2. The Morgan fingerprint density at radius 3 is 2.44 bits per heavy atom. The summed E-state index contributed by atoms with van der Waals surface area (Å²) in [6.07, 6.45) is -0.819. The van der Waals surface area contributed by atoms with Gasteiger partial charge in [-0.15, -0.1) is 0 Å². The molecular formula is C26H32F2N4O4. The summed E-state index contributed by atoms with van der Waals surface area (Å²) in [6, 6.07) is 8.04. The Balaban J connectivity index is 1.69. The minimum absolute atomic E-state index is 0.000723. The number of carbonyl (C=O) groups is 2. The highest BCUT2D eigenvalue weighted by Crippen LogP contribution is 2.40. The summed E-state index contributed by atoms with van der Waals surface area (Å²) in [5.41, 5.74) is 1.56. The number of aliphatic hydroxyl groups excluding tert-OH is 1. The van der Waals surface area contributed by atoms with Crippen LogP contribution in [0.2, 0.25) is 0 Å². The van der Waals surface area contributed by atoms with E-state index in [1.165, 1.54) is 11.8 Å². The van der Waals surface area contributed by atoms with Crippen molar-refractivity contribution in [1.82, 2.24) is 10.0 Å². The molecule has 2 aromatic carbocycles. The predicted molar refractivity (Wildman–Crippen MR) is 132 cm³/mol. The Morgan fingerprint density at radius 1 is 1.08 bits per heavy atom. The summed E-state index contributed by atoms with van der Waals surface area (Å²) in [6.45, 7) is 8.75. The molecule has 4 rings (SSSR count). The van der Waals surface area contributed by atoms with Crippen LogP contribution in [0.4, 0.5) is 25.0 Å². The second-order valence-electron chi connectivity index (χ2n) is 10.1. The first-order chi connectivity index (χ1) is 16.9. The summed E-state index contributed by atoms with van der Waals surface area (Å²) >= 11 is 0. The van der Waals surface area contributed by atoms with E-state index in [1.54, 1.807) is 4.90 Å². The summed E-state index contributed by atoms with van der Waals surface area (Å²) < 4.78 is 32.8. The van der Waals surface area contributed by atoms with E-state index < -0.39 is 23.3 Å². The Bertz CT molecular complexity index is 1170.